The molecular formula is C17H16F3N3O4S. The van der Waals surface area contributed by atoms with Crippen molar-refractivity contribution in [2.45, 2.75) is 24.1 Å². The smallest absolute Gasteiger partial charge is 0.419 e. The first-order valence-corrected chi connectivity index (χ1v) is 9.23. The number of alkyl halides is 3. The summed E-state index contributed by atoms with van der Waals surface area (Å²) in [5.41, 5.74) is -0.271. The Morgan fingerprint density at radius 3 is 2.39 bits per heavy atom. The lowest BCUT2D eigenvalue weighted by Gasteiger charge is -2.16. The predicted molar refractivity (Wildman–Crippen MR) is 93.1 cm³/mol. The Kier molecular flexibility index (Phi) is 6.48. The zero-order valence-electron chi connectivity index (χ0n) is 14.8. The van der Waals surface area contributed by atoms with Crippen molar-refractivity contribution in [3.8, 4) is 11.9 Å². The van der Waals surface area contributed by atoms with Gasteiger partial charge in [0.15, 0.2) is 6.10 Å². The largest absolute Gasteiger partial charge is 0.481 e. The number of aryl methyl sites for hydroxylation is 1. The van der Waals surface area contributed by atoms with Gasteiger partial charge in [0.2, 0.25) is 5.88 Å². The molecule has 1 heterocycles. The molecule has 150 valence electrons. The summed E-state index contributed by atoms with van der Waals surface area (Å²) in [4.78, 5) is 3.49. The molecule has 0 aliphatic rings. The molecule has 7 nitrogen and oxygen atoms in total. The number of benzene rings is 1. The van der Waals surface area contributed by atoms with Crippen molar-refractivity contribution in [3.05, 3.63) is 47.5 Å². The number of rotatable bonds is 7. The van der Waals surface area contributed by atoms with Crippen LogP contribution in [0.15, 0.2) is 41.3 Å². The number of aromatic nitrogens is 1. The summed E-state index contributed by atoms with van der Waals surface area (Å²) < 4.78 is 73.4. The fourth-order valence-electron chi connectivity index (χ4n) is 2.12. The molecule has 0 amide bonds. The van der Waals surface area contributed by atoms with E-state index in [0.717, 1.165) is 17.7 Å². The van der Waals surface area contributed by atoms with Crippen LogP contribution >= 0.6 is 0 Å². The highest BCUT2D eigenvalue weighted by Gasteiger charge is 2.35. The minimum Gasteiger partial charge on any atom is -0.481 e. The summed E-state index contributed by atoms with van der Waals surface area (Å²) in [7, 11) is -3.04. The molecule has 1 N–H and O–H groups in total. The number of hydrogen-bond donors (Lipinski definition) is 1. The molecular weight excluding hydrogens is 399 g/mol. The SMILES string of the molecule is COc1ccc(C(F)(F)F)c(NCC(C#N)OS(=O)(=O)c2ccc(C)cc2)n1. The van der Waals surface area contributed by atoms with Gasteiger partial charge in [-0.2, -0.15) is 31.8 Å². The van der Waals surface area contributed by atoms with Crippen LogP contribution in [0.25, 0.3) is 0 Å². The van der Waals surface area contributed by atoms with Crippen LogP contribution in [0.5, 0.6) is 5.88 Å². The zero-order valence-corrected chi connectivity index (χ0v) is 15.6. The average Bonchev–Trinajstić information content (AvgIpc) is 2.64. The highest BCUT2D eigenvalue weighted by atomic mass is 32.2. The second-order valence-electron chi connectivity index (χ2n) is 5.61. The highest BCUT2D eigenvalue weighted by Crippen LogP contribution is 2.35. The monoisotopic (exact) mass is 415 g/mol. The molecule has 0 spiro atoms. The predicted octanol–water partition coefficient (Wildman–Crippen LogP) is 3.13. The number of halogens is 3. The van der Waals surface area contributed by atoms with Crippen molar-refractivity contribution in [1.82, 2.24) is 4.98 Å². The van der Waals surface area contributed by atoms with Gasteiger partial charge in [0.25, 0.3) is 10.1 Å². The van der Waals surface area contributed by atoms with Crippen LogP contribution in [0.3, 0.4) is 0 Å². The number of anilines is 1. The number of methoxy groups -OCH3 is 1. The van der Waals surface area contributed by atoms with E-state index in [4.69, 9.17) is 14.2 Å². The molecule has 1 aromatic carbocycles. The van der Waals surface area contributed by atoms with Crippen molar-refractivity contribution < 1.29 is 30.5 Å². The van der Waals surface area contributed by atoms with Crippen LogP contribution in [-0.2, 0) is 20.5 Å². The van der Waals surface area contributed by atoms with Gasteiger partial charge >= 0.3 is 6.18 Å². The third kappa shape index (κ3) is 5.34. The summed E-state index contributed by atoms with van der Waals surface area (Å²) in [6.07, 6.45) is -6.29. The molecule has 0 aliphatic carbocycles. The van der Waals surface area contributed by atoms with Crippen molar-refractivity contribution in [2.75, 3.05) is 19.0 Å². The Hall–Kier alpha value is -2.84. The third-order valence-corrected chi connectivity index (χ3v) is 4.87. The van der Waals surface area contributed by atoms with Gasteiger partial charge in [0, 0.05) is 6.07 Å². The fourth-order valence-corrected chi connectivity index (χ4v) is 3.12. The normalized spacial score (nSPS) is 12.9. The van der Waals surface area contributed by atoms with Gasteiger partial charge in [0.1, 0.15) is 5.82 Å². The number of nitriles is 1. The van der Waals surface area contributed by atoms with E-state index in [1.54, 1.807) is 25.1 Å². The molecule has 1 aromatic heterocycles. The quantitative estimate of drug-likeness (QED) is 0.693. The fraction of sp³-hybridized carbons (Fsp3) is 0.294. The van der Waals surface area contributed by atoms with E-state index in [9.17, 15) is 21.6 Å². The van der Waals surface area contributed by atoms with Gasteiger partial charge in [-0.15, -0.1) is 0 Å². The van der Waals surface area contributed by atoms with E-state index in [2.05, 4.69) is 10.3 Å². The second-order valence-corrected chi connectivity index (χ2v) is 7.18. The molecule has 0 bridgehead atoms. The van der Waals surface area contributed by atoms with E-state index >= 15 is 0 Å². The summed E-state index contributed by atoms with van der Waals surface area (Å²) in [5, 5.41) is 11.4. The van der Waals surface area contributed by atoms with Crippen LogP contribution in [0.1, 0.15) is 11.1 Å². The van der Waals surface area contributed by atoms with Gasteiger partial charge in [-0.25, -0.2) is 4.18 Å². The number of hydrogen-bond acceptors (Lipinski definition) is 7. The van der Waals surface area contributed by atoms with Crippen LogP contribution in [0.4, 0.5) is 19.0 Å². The van der Waals surface area contributed by atoms with Crippen LogP contribution in [0.2, 0.25) is 0 Å². The van der Waals surface area contributed by atoms with Crippen LogP contribution in [0, 0.1) is 18.3 Å². The van der Waals surface area contributed by atoms with E-state index in [1.807, 2.05) is 0 Å². The van der Waals surface area contributed by atoms with Crippen molar-refractivity contribution in [1.29, 1.82) is 5.26 Å². The lowest BCUT2D eigenvalue weighted by molar-refractivity contribution is -0.137. The van der Waals surface area contributed by atoms with Gasteiger partial charge in [0.05, 0.1) is 30.2 Å². The zero-order chi connectivity index (χ0) is 20.9. The van der Waals surface area contributed by atoms with E-state index < -0.39 is 40.3 Å². The Bertz CT molecular complexity index is 971. The molecule has 11 heteroatoms. The maximum Gasteiger partial charge on any atom is 0.419 e. The molecule has 0 radical (unpaired) electrons. The molecule has 0 saturated carbocycles. The maximum absolute atomic E-state index is 13.1. The summed E-state index contributed by atoms with van der Waals surface area (Å²) in [6.45, 7) is 1.21. The van der Waals surface area contributed by atoms with E-state index in [1.165, 1.54) is 19.2 Å². The Morgan fingerprint density at radius 1 is 1.21 bits per heavy atom. The van der Waals surface area contributed by atoms with Crippen LogP contribution in [-0.4, -0.2) is 33.2 Å². The first-order valence-electron chi connectivity index (χ1n) is 7.82. The van der Waals surface area contributed by atoms with Gasteiger partial charge in [-0.1, -0.05) is 17.7 Å². The topological polar surface area (TPSA) is 101 Å². The highest BCUT2D eigenvalue weighted by molar-refractivity contribution is 7.86. The van der Waals surface area contributed by atoms with E-state index in [-0.39, 0.29) is 10.8 Å². The lowest BCUT2D eigenvalue weighted by atomic mass is 10.2. The first kappa shape index (κ1) is 21.5. The number of pyridine rings is 1. The molecule has 2 aromatic rings. The van der Waals surface area contributed by atoms with Crippen molar-refractivity contribution in [2.24, 2.45) is 0 Å². The molecule has 0 saturated heterocycles. The third-order valence-electron chi connectivity index (χ3n) is 3.54. The molecule has 2 rings (SSSR count). The van der Waals surface area contributed by atoms with Crippen LogP contribution < -0.4 is 10.1 Å². The minimum absolute atomic E-state index is 0.0859. The molecule has 0 aliphatic heterocycles. The molecule has 28 heavy (non-hydrogen) atoms. The summed E-state index contributed by atoms with van der Waals surface area (Å²) >= 11 is 0. The van der Waals surface area contributed by atoms with Crippen molar-refractivity contribution >= 4 is 15.9 Å². The number of nitrogens with one attached hydrogen (secondary N) is 1. The average molecular weight is 415 g/mol. The van der Waals surface area contributed by atoms with Gasteiger partial charge in [-0.05, 0) is 25.1 Å². The minimum atomic E-state index is -4.71. The summed E-state index contributed by atoms with van der Waals surface area (Å²) in [6, 6.07) is 9.09. The molecule has 1 atom stereocenters. The molecule has 1 unspecified atom stereocenters. The van der Waals surface area contributed by atoms with E-state index in [0.29, 0.717) is 0 Å². The Morgan fingerprint density at radius 2 is 1.86 bits per heavy atom. The Balaban J connectivity index is 2.18. The van der Waals surface area contributed by atoms with Gasteiger partial charge in [-0.3, -0.25) is 0 Å². The number of nitrogens with zero attached hydrogens (tertiary/aromatic N) is 2. The van der Waals surface area contributed by atoms with Gasteiger partial charge < -0.3 is 10.1 Å². The summed E-state index contributed by atoms with van der Waals surface area (Å²) in [5.74, 6) is -0.694. The first-order chi connectivity index (χ1) is 13.1. The Labute approximate surface area is 159 Å². The second kappa shape index (κ2) is 8.45. The molecule has 0 fully saturated rings. The lowest BCUT2D eigenvalue weighted by Crippen LogP contribution is -2.26. The number of ether oxygens (including phenoxy) is 1. The van der Waals surface area contributed by atoms with Crippen molar-refractivity contribution in [3.63, 3.8) is 0 Å². The maximum atomic E-state index is 13.1. The standard InChI is InChI=1S/C17H16F3N3O4S/c1-11-3-5-13(6-4-11)28(24,25)27-12(9-21)10-22-16-14(17(18,19)20)7-8-15(23-16)26-2/h3-8,12H,10H2,1-2H3,(H,22,23).